The van der Waals surface area contributed by atoms with Gasteiger partial charge in [-0.25, -0.2) is 4.79 Å². The molecule has 2 heterocycles. The van der Waals surface area contributed by atoms with Gasteiger partial charge in [0.25, 0.3) is 5.56 Å². The van der Waals surface area contributed by atoms with E-state index in [1.807, 2.05) is 50.3 Å². The fraction of sp³-hybridized carbons (Fsp3) is 0.278. The highest BCUT2D eigenvalue weighted by atomic mass is 16.2. The van der Waals surface area contributed by atoms with Crippen LogP contribution in [0.1, 0.15) is 18.1 Å². The summed E-state index contributed by atoms with van der Waals surface area (Å²) in [5.74, 6) is 0.556. The Hall–Kier alpha value is -3.09. The fourth-order valence-corrected chi connectivity index (χ4v) is 2.65. The molecule has 0 aliphatic rings. The zero-order chi connectivity index (χ0) is 18.0. The third-order valence-electron chi connectivity index (χ3n) is 4.10. The van der Waals surface area contributed by atoms with Crippen LogP contribution >= 0.6 is 0 Å². The first-order valence-corrected chi connectivity index (χ1v) is 8.11. The van der Waals surface area contributed by atoms with E-state index in [-0.39, 0.29) is 0 Å². The van der Waals surface area contributed by atoms with Gasteiger partial charge in [-0.2, -0.15) is 4.98 Å². The number of aromatic amines is 1. The number of nitrogens with one attached hydrogen (secondary N) is 2. The van der Waals surface area contributed by atoms with Crippen molar-refractivity contribution >= 4 is 17.1 Å². The second kappa shape index (κ2) is 6.80. The van der Waals surface area contributed by atoms with Gasteiger partial charge in [-0.1, -0.05) is 42.0 Å². The van der Waals surface area contributed by atoms with Crippen LogP contribution in [0.15, 0.2) is 46.0 Å². The SMILES string of the molecule is C/C=C/Cn1c(NCc2ccc(C)cc2)nc2c1c(=O)[nH]c(=O)n2C. The first-order chi connectivity index (χ1) is 12.0. The van der Waals surface area contributed by atoms with Crippen molar-refractivity contribution in [3.63, 3.8) is 0 Å². The van der Waals surface area contributed by atoms with Gasteiger partial charge >= 0.3 is 5.69 Å². The summed E-state index contributed by atoms with van der Waals surface area (Å²) in [5.41, 5.74) is 2.15. The standard InChI is InChI=1S/C18H21N5O2/c1-4-5-10-23-14-15(22(3)18(25)21-16(14)24)20-17(23)19-11-13-8-6-12(2)7-9-13/h4-9H,10-11H2,1-3H3,(H,19,20)(H,21,24,25)/b5-4+. The van der Waals surface area contributed by atoms with Gasteiger partial charge < -0.3 is 9.88 Å². The van der Waals surface area contributed by atoms with Crippen LogP contribution in [0.2, 0.25) is 0 Å². The Bertz CT molecular complexity index is 1040. The maximum absolute atomic E-state index is 12.3. The highest BCUT2D eigenvalue weighted by Crippen LogP contribution is 2.16. The lowest BCUT2D eigenvalue weighted by Gasteiger charge is -2.09. The predicted octanol–water partition coefficient (Wildman–Crippen LogP) is 1.92. The number of benzene rings is 1. The van der Waals surface area contributed by atoms with Crippen LogP contribution in [0.5, 0.6) is 0 Å². The quantitative estimate of drug-likeness (QED) is 0.696. The molecule has 0 amide bonds. The largest absolute Gasteiger partial charge is 0.351 e. The van der Waals surface area contributed by atoms with Crippen LogP contribution in [0.25, 0.3) is 11.2 Å². The Morgan fingerprint density at radius 3 is 2.64 bits per heavy atom. The maximum atomic E-state index is 12.3. The van der Waals surface area contributed by atoms with Crippen LogP contribution in [-0.4, -0.2) is 19.1 Å². The number of fused-ring (bicyclic) bond motifs is 1. The summed E-state index contributed by atoms with van der Waals surface area (Å²) in [6.07, 6.45) is 3.84. The molecule has 2 N–H and O–H groups in total. The topological polar surface area (TPSA) is 84.7 Å². The van der Waals surface area contributed by atoms with Crippen molar-refractivity contribution in [2.75, 3.05) is 5.32 Å². The van der Waals surface area contributed by atoms with Gasteiger partial charge in [0.15, 0.2) is 11.2 Å². The van der Waals surface area contributed by atoms with E-state index in [9.17, 15) is 9.59 Å². The van der Waals surface area contributed by atoms with Crippen LogP contribution in [0.3, 0.4) is 0 Å². The van der Waals surface area contributed by atoms with Crippen molar-refractivity contribution in [1.29, 1.82) is 0 Å². The van der Waals surface area contributed by atoms with Crippen molar-refractivity contribution in [3.05, 3.63) is 68.4 Å². The lowest BCUT2D eigenvalue weighted by atomic mass is 10.1. The van der Waals surface area contributed by atoms with Crippen LogP contribution in [-0.2, 0) is 20.1 Å². The molecule has 25 heavy (non-hydrogen) atoms. The van der Waals surface area contributed by atoms with Gasteiger partial charge in [0.2, 0.25) is 5.95 Å². The molecule has 0 aliphatic carbocycles. The van der Waals surface area contributed by atoms with E-state index in [1.54, 1.807) is 11.6 Å². The zero-order valence-electron chi connectivity index (χ0n) is 14.5. The molecule has 7 heteroatoms. The number of aromatic nitrogens is 4. The number of hydrogen-bond acceptors (Lipinski definition) is 4. The molecule has 3 aromatic rings. The minimum Gasteiger partial charge on any atom is -0.351 e. The van der Waals surface area contributed by atoms with E-state index in [0.29, 0.717) is 30.2 Å². The molecule has 0 saturated heterocycles. The first-order valence-electron chi connectivity index (χ1n) is 8.11. The third kappa shape index (κ3) is 3.26. The van der Waals surface area contributed by atoms with Crippen molar-refractivity contribution in [2.45, 2.75) is 26.9 Å². The van der Waals surface area contributed by atoms with E-state index in [2.05, 4.69) is 15.3 Å². The number of rotatable bonds is 5. The molecule has 0 fully saturated rings. The summed E-state index contributed by atoms with van der Waals surface area (Å²) in [7, 11) is 1.59. The number of H-pyrrole nitrogens is 1. The minimum atomic E-state index is -0.474. The van der Waals surface area contributed by atoms with E-state index in [0.717, 1.165) is 5.56 Å². The van der Waals surface area contributed by atoms with Gasteiger partial charge in [-0.15, -0.1) is 0 Å². The average molecular weight is 339 g/mol. The van der Waals surface area contributed by atoms with E-state index in [1.165, 1.54) is 10.1 Å². The molecule has 1 aromatic carbocycles. The summed E-state index contributed by atoms with van der Waals surface area (Å²) in [4.78, 5) is 30.9. The Labute approximate surface area is 144 Å². The number of allylic oxidation sites excluding steroid dienone is 2. The minimum absolute atomic E-state index is 0.365. The van der Waals surface area contributed by atoms with Crippen molar-refractivity contribution < 1.29 is 0 Å². The highest BCUT2D eigenvalue weighted by molar-refractivity contribution is 5.74. The monoisotopic (exact) mass is 339 g/mol. The Morgan fingerprint density at radius 1 is 1.24 bits per heavy atom. The maximum Gasteiger partial charge on any atom is 0.329 e. The van der Waals surface area contributed by atoms with Gasteiger partial charge in [-0.3, -0.25) is 14.3 Å². The summed E-state index contributed by atoms with van der Waals surface area (Å²) < 4.78 is 3.13. The zero-order valence-corrected chi connectivity index (χ0v) is 14.5. The summed E-state index contributed by atoms with van der Waals surface area (Å²) in [5, 5.41) is 3.27. The summed E-state index contributed by atoms with van der Waals surface area (Å²) in [6.45, 7) is 5.02. The second-order valence-corrected chi connectivity index (χ2v) is 5.94. The van der Waals surface area contributed by atoms with E-state index < -0.39 is 11.2 Å². The van der Waals surface area contributed by atoms with Crippen molar-refractivity contribution in [2.24, 2.45) is 7.05 Å². The van der Waals surface area contributed by atoms with Gasteiger partial charge in [0.1, 0.15) is 0 Å². The summed E-state index contributed by atoms with van der Waals surface area (Å²) >= 11 is 0. The number of anilines is 1. The van der Waals surface area contributed by atoms with Gasteiger partial charge in [0.05, 0.1) is 0 Å². The molecule has 0 aliphatic heterocycles. The Kier molecular flexibility index (Phi) is 4.56. The normalized spacial score (nSPS) is 11.5. The molecule has 0 radical (unpaired) electrons. The molecule has 0 bridgehead atoms. The van der Waals surface area contributed by atoms with Crippen LogP contribution in [0, 0.1) is 6.92 Å². The van der Waals surface area contributed by atoms with E-state index in [4.69, 9.17) is 0 Å². The number of nitrogens with zero attached hydrogens (tertiary/aromatic N) is 3. The fourth-order valence-electron chi connectivity index (χ4n) is 2.65. The number of imidazole rings is 1. The molecule has 0 spiro atoms. The number of aryl methyl sites for hydroxylation is 2. The molecule has 0 atom stereocenters. The molecule has 0 saturated carbocycles. The molecule has 0 unspecified atom stereocenters. The van der Waals surface area contributed by atoms with E-state index >= 15 is 0 Å². The lowest BCUT2D eigenvalue weighted by Crippen LogP contribution is -2.29. The molecule has 2 aromatic heterocycles. The Morgan fingerprint density at radius 2 is 1.96 bits per heavy atom. The highest BCUT2D eigenvalue weighted by Gasteiger charge is 2.16. The molecule has 7 nitrogen and oxygen atoms in total. The first kappa shape index (κ1) is 16.8. The van der Waals surface area contributed by atoms with Crippen molar-refractivity contribution in [3.8, 4) is 0 Å². The average Bonchev–Trinajstić information content (AvgIpc) is 2.96. The predicted molar refractivity (Wildman–Crippen MR) is 98.9 cm³/mol. The Balaban J connectivity index is 2.05. The summed E-state index contributed by atoms with van der Waals surface area (Å²) in [6, 6.07) is 8.19. The van der Waals surface area contributed by atoms with Crippen molar-refractivity contribution in [1.82, 2.24) is 19.1 Å². The molecular formula is C18H21N5O2. The molecular weight excluding hydrogens is 318 g/mol. The molecule has 3 rings (SSSR count). The van der Waals surface area contributed by atoms with Gasteiger partial charge in [0, 0.05) is 20.1 Å². The smallest absolute Gasteiger partial charge is 0.329 e. The van der Waals surface area contributed by atoms with Crippen LogP contribution in [0.4, 0.5) is 5.95 Å². The van der Waals surface area contributed by atoms with Gasteiger partial charge in [-0.05, 0) is 19.4 Å². The molecule has 130 valence electrons. The van der Waals surface area contributed by atoms with Crippen LogP contribution < -0.4 is 16.6 Å². The third-order valence-corrected chi connectivity index (χ3v) is 4.10. The number of hydrogen-bond donors (Lipinski definition) is 2. The second-order valence-electron chi connectivity index (χ2n) is 5.94. The lowest BCUT2D eigenvalue weighted by molar-refractivity contribution is 0.817.